The molecule has 0 saturated heterocycles. The fraction of sp³-hybridized carbons (Fsp3) is 0.111. The molecule has 0 N–H and O–H groups in total. The summed E-state index contributed by atoms with van der Waals surface area (Å²) in [5.41, 5.74) is 1.41. The molecule has 0 saturated carbocycles. The van der Waals surface area contributed by atoms with Gasteiger partial charge in [0.15, 0.2) is 0 Å². The average Bonchev–Trinajstić information content (AvgIpc) is 2.89. The van der Waals surface area contributed by atoms with Crippen molar-refractivity contribution in [2.75, 3.05) is 19.1 Å². The largest absolute Gasteiger partial charge is 0.497 e. The number of anilines is 1. The lowest BCUT2D eigenvalue weighted by Gasteiger charge is -2.15. The Morgan fingerprint density at radius 3 is 2.30 bits per heavy atom. The highest BCUT2D eigenvalue weighted by atomic mass is 16.5. The minimum absolute atomic E-state index is 0.304. The SMILES string of the molecule is COc1ccc(C2=CC(=O)N(c3ccccc3)C2=O)c(OC)c1. The van der Waals surface area contributed by atoms with Crippen LogP contribution in [0.25, 0.3) is 5.57 Å². The molecule has 5 nitrogen and oxygen atoms in total. The van der Waals surface area contributed by atoms with Gasteiger partial charge in [0.25, 0.3) is 11.8 Å². The highest BCUT2D eigenvalue weighted by Crippen LogP contribution is 2.35. The van der Waals surface area contributed by atoms with Gasteiger partial charge in [-0.05, 0) is 24.3 Å². The lowest BCUT2D eigenvalue weighted by molar-refractivity contribution is -0.119. The smallest absolute Gasteiger partial charge is 0.266 e. The number of carbonyl (C=O) groups is 2. The summed E-state index contributed by atoms with van der Waals surface area (Å²) < 4.78 is 10.5. The predicted molar refractivity (Wildman–Crippen MR) is 86.5 cm³/mol. The van der Waals surface area contributed by atoms with E-state index in [1.807, 2.05) is 6.07 Å². The predicted octanol–water partition coefficient (Wildman–Crippen LogP) is 2.66. The fourth-order valence-electron chi connectivity index (χ4n) is 2.51. The van der Waals surface area contributed by atoms with Crippen molar-refractivity contribution in [2.24, 2.45) is 0 Å². The van der Waals surface area contributed by atoms with Crippen LogP contribution in [0.15, 0.2) is 54.6 Å². The number of carbonyl (C=O) groups excluding carboxylic acids is 2. The molecule has 1 heterocycles. The number of amides is 2. The van der Waals surface area contributed by atoms with Crippen molar-refractivity contribution in [3.05, 3.63) is 60.2 Å². The van der Waals surface area contributed by atoms with E-state index >= 15 is 0 Å². The molecule has 2 amide bonds. The van der Waals surface area contributed by atoms with Crippen molar-refractivity contribution in [1.82, 2.24) is 0 Å². The Morgan fingerprint density at radius 1 is 0.913 bits per heavy atom. The Morgan fingerprint density at radius 2 is 1.65 bits per heavy atom. The number of hydrogen-bond acceptors (Lipinski definition) is 4. The zero-order valence-electron chi connectivity index (χ0n) is 12.8. The maximum absolute atomic E-state index is 12.7. The molecular formula is C18H15NO4. The number of rotatable bonds is 4. The highest BCUT2D eigenvalue weighted by molar-refractivity contribution is 6.43. The first-order valence-corrected chi connectivity index (χ1v) is 7.03. The molecule has 0 bridgehead atoms. The summed E-state index contributed by atoms with van der Waals surface area (Å²) in [7, 11) is 3.06. The van der Waals surface area contributed by atoms with E-state index in [1.54, 1.807) is 49.6 Å². The average molecular weight is 309 g/mol. The van der Waals surface area contributed by atoms with Crippen molar-refractivity contribution >= 4 is 23.1 Å². The molecule has 2 aromatic rings. The minimum atomic E-state index is -0.371. The van der Waals surface area contributed by atoms with Crippen molar-refractivity contribution < 1.29 is 19.1 Å². The van der Waals surface area contributed by atoms with E-state index < -0.39 is 0 Å². The van der Waals surface area contributed by atoms with E-state index in [1.165, 1.54) is 13.2 Å². The number of imide groups is 1. The summed E-state index contributed by atoms with van der Waals surface area (Å²) in [6.45, 7) is 0. The molecule has 3 rings (SSSR count). The van der Waals surface area contributed by atoms with Gasteiger partial charge < -0.3 is 9.47 Å². The van der Waals surface area contributed by atoms with Gasteiger partial charge in [0.1, 0.15) is 11.5 Å². The number of nitrogens with zero attached hydrogens (tertiary/aromatic N) is 1. The summed E-state index contributed by atoms with van der Waals surface area (Å²) in [4.78, 5) is 26.1. The van der Waals surface area contributed by atoms with E-state index in [2.05, 4.69) is 0 Å². The lowest BCUT2D eigenvalue weighted by Crippen LogP contribution is -2.30. The standard InChI is InChI=1S/C18H15NO4/c1-22-13-8-9-14(16(10-13)23-2)15-11-17(20)19(18(15)21)12-6-4-3-5-7-12/h3-11H,1-2H3. The molecule has 0 spiro atoms. The van der Waals surface area contributed by atoms with Gasteiger partial charge in [-0.1, -0.05) is 18.2 Å². The third kappa shape index (κ3) is 2.57. The number of methoxy groups -OCH3 is 2. The lowest BCUT2D eigenvalue weighted by atomic mass is 10.0. The Labute approximate surface area is 133 Å². The Balaban J connectivity index is 2.01. The zero-order chi connectivity index (χ0) is 16.4. The molecule has 1 aliphatic rings. The van der Waals surface area contributed by atoms with Crippen LogP contribution < -0.4 is 14.4 Å². The second-order valence-electron chi connectivity index (χ2n) is 4.94. The molecule has 0 aliphatic carbocycles. The van der Waals surface area contributed by atoms with Gasteiger partial charge in [-0.3, -0.25) is 9.59 Å². The Bertz CT molecular complexity index is 796. The molecule has 5 heteroatoms. The second kappa shape index (κ2) is 5.96. The summed E-state index contributed by atoms with van der Waals surface area (Å²) in [6.07, 6.45) is 1.33. The maximum atomic E-state index is 12.7. The summed E-state index contributed by atoms with van der Waals surface area (Å²) in [5, 5.41) is 0. The number of para-hydroxylation sites is 1. The van der Waals surface area contributed by atoms with Crippen LogP contribution >= 0.6 is 0 Å². The Kier molecular flexibility index (Phi) is 3.85. The van der Waals surface area contributed by atoms with Gasteiger partial charge in [-0.2, -0.15) is 0 Å². The van der Waals surface area contributed by atoms with Crippen LogP contribution in [0.4, 0.5) is 5.69 Å². The quantitative estimate of drug-likeness (QED) is 0.815. The second-order valence-corrected chi connectivity index (χ2v) is 4.94. The van der Waals surface area contributed by atoms with Crippen LogP contribution in [0.2, 0.25) is 0 Å². The molecule has 0 atom stereocenters. The van der Waals surface area contributed by atoms with Gasteiger partial charge in [0.05, 0.1) is 25.5 Å². The van der Waals surface area contributed by atoms with E-state index in [-0.39, 0.29) is 11.8 Å². The number of ether oxygens (including phenoxy) is 2. The molecular weight excluding hydrogens is 294 g/mol. The number of hydrogen-bond donors (Lipinski definition) is 0. The van der Waals surface area contributed by atoms with Gasteiger partial charge in [0, 0.05) is 17.7 Å². The van der Waals surface area contributed by atoms with Gasteiger partial charge in [-0.25, -0.2) is 4.90 Å². The zero-order valence-corrected chi connectivity index (χ0v) is 12.8. The molecule has 0 unspecified atom stereocenters. The van der Waals surface area contributed by atoms with Crippen molar-refractivity contribution in [3.8, 4) is 11.5 Å². The van der Waals surface area contributed by atoms with Crippen molar-refractivity contribution in [1.29, 1.82) is 0 Å². The first-order chi connectivity index (χ1) is 11.2. The van der Waals surface area contributed by atoms with Crippen LogP contribution in [0, 0.1) is 0 Å². The summed E-state index contributed by atoms with van der Waals surface area (Å²) in [6, 6.07) is 13.9. The Hall–Kier alpha value is -3.08. The third-order valence-corrected chi connectivity index (χ3v) is 3.63. The van der Waals surface area contributed by atoms with Gasteiger partial charge in [0.2, 0.25) is 0 Å². The van der Waals surface area contributed by atoms with E-state index in [0.717, 1.165) is 4.90 Å². The number of benzene rings is 2. The summed E-state index contributed by atoms with van der Waals surface area (Å²) in [5.74, 6) is 0.355. The normalized spacial score (nSPS) is 14.0. The molecule has 1 aliphatic heterocycles. The van der Waals surface area contributed by atoms with Crippen LogP contribution in [0.5, 0.6) is 11.5 Å². The summed E-state index contributed by atoms with van der Waals surface area (Å²) >= 11 is 0. The van der Waals surface area contributed by atoms with Crippen LogP contribution in [-0.2, 0) is 9.59 Å². The molecule has 116 valence electrons. The van der Waals surface area contributed by atoms with Crippen LogP contribution in [-0.4, -0.2) is 26.0 Å². The first kappa shape index (κ1) is 14.8. The topological polar surface area (TPSA) is 55.8 Å². The monoisotopic (exact) mass is 309 g/mol. The molecule has 0 fully saturated rings. The van der Waals surface area contributed by atoms with E-state index in [0.29, 0.717) is 28.3 Å². The fourth-order valence-corrected chi connectivity index (χ4v) is 2.51. The van der Waals surface area contributed by atoms with E-state index in [4.69, 9.17) is 9.47 Å². The van der Waals surface area contributed by atoms with Crippen LogP contribution in [0.1, 0.15) is 5.56 Å². The molecule has 23 heavy (non-hydrogen) atoms. The van der Waals surface area contributed by atoms with Gasteiger partial charge >= 0.3 is 0 Å². The molecule has 2 aromatic carbocycles. The van der Waals surface area contributed by atoms with Crippen LogP contribution in [0.3, 0.4) is 0 Å². The maximum Gasteiger partial charge on any atom is 0.266 e. The van der Waals surface area contributed by atoms with Crippen molar-refractivity contribution in [2.45, 2.75) is 0 Å². The van der Waals surface area contributed by atoms with Gasteiger partial charge in [-0.15, -0.1) is 0 Å². The third-order valence-electron chi connectivity index (χ3n) is 3.63. The van der Waals surface area contributed by atoms with E-state index in [9.17, 15) is 9.59 Å². The minimum Gasteiger partial charge on any atom is -0.497 e. The first-order valence-electron chi connectivity index (χ1n) is 7.03. The molecule has 0 radical (unpaired) electrons. The van der Waals surface area contributed by atoms with Crippen molar-refractivity contribution in [3.63, 3.8) is 0 Å². The highest BCUT2D eigenvalue weighted by Gasteiger charge is 2.34. The molecule has 0 aromatic heterocycles.